The van der Waals surface area contributed by atoms with Crippen LogP contribution in [0.15, 0.2) is 30.3 Å². The maximum Gasteiger partial charge on any atom is 0.203 e. The number of rotatable bonds is 6. The van der Waals surface area contributed by atoms with Crippen molar-refractivity contribution in [3.05, 3.63) is 53.3 Å². The van der Waals surface area contributed by atoms with Gasteiger partial charge in [0, 0.05) is 6.07 Å². The largest absolute Gasteiger partial charge is 0.504 e. The van der Waals surface area contributed by atoms with Gasteiger partial charge in [-0.05, 0) is 49.1 Å². The van der Waals surface area contributed by atoms with E-state index in [1.807, 2.05) is 6.92 Å². The third-order valence-corrected chi connectivity index (χ3v) is 3.09. The Labute approximate surface area is 124 Å². The second-order valence-corrected chi connectivity index (χ2v) is 4.78. The molecule has 2 rings (SSSR count). The van der Waals surface area contributed by atoms with E-state index < -0.39 is 0 Å². The molecule has 2 aromatic carbocycles. The molecule has 0 saturated heterocycles. The molecule has 0 aliphatic carbocycles. The minimum absolute atomic E-state index is 0.0476. The van der Waals surface area contributed by atoms with Crippen LogP contribution in [0.3, 0.4) is 0 Å². The minimum Gasteiger partial charge on any atom is -0.504 e. The van der Waals surface area contributed by atoms with Crippen LogP contribution in [0.5, 0.6) is 17.2 Å². The van der Waals surface area contributed by atoms with Gasteiger partial charge in [-0.2, -0.15) is 0 Å². The molecule has 111 valence electrons. The van der Waals surface area contributed by atoms with Crippen LogP contribution in [-0.4, -0.2) is 18.8 Å². The van der Waals surface area contributed by atoms with Gasteiger partial charge in [0.2, 0.25) is 5.75 Å². The Hall–Kier alpha value is -2.23. The zero-order valence-corrected chi connectivity index (χ0v) is 12.1. The van der Waals surface area contributed by atoms with Crippen LogP contribution in [0.25, 0.3) is 0 Å². The van der Waals surface area contributed by atoms with Gasteiger partial charge in [0.25, 0.3) is 0 Å². The van der Waals surface area contributed by atoms with Gasteiger partial charge in [0.05, 0.1) is 13.7 Å². The molecule has 0 saturated carbocycles. The van der Waals surface area contributed by atoms with Crippen molar-refractivity contribution in [1.29, 1.82) is 0 Å². The summed E-state index contributed by atoms with van der Waals surface area (Å²) in [4.78, 5) is 0. The third kappa shape index (κ3) is 4.12. The van der Waals surface area contributed by atoms with E-state index in [9.17, 15) is 9.50 Å². The van der Waals surface area contributed by atoms with Crippen molar-refractivity contribution in [2.24, 2.45) is 0 Å². The zero-order chi connectivity index (χ0) is 15.2. The Morgan fingerprint density at radius 1 is 1.24 bits per heavy atom. The summed E-state index contributed by atoms with van der Waals surface area (Å²) in [6.07, 6.45) is 1.53. The summed E-state index contributed by atoms with van der Waals surface area (Å²) in [7, 11) is 1.53. The number of hydrogen-bond acceptors (Lipinski definition) is 3. The van der Waals surface area contributed by atoms with Crippen LogP contribution in [0.2, 0.25) is 0 Å². The lowest BCUT2D eigenvalue weighted by Crippen LogP contribution is -2.01. The first kappa shape index (κ1) is 15.2. The number of hydrogen-bond donors (Lipinski definition) is 1. The van der Waals surface area contributed by atoms with Crippen molar-refractivity contribution >= 4 is 0 Å². The second kappa shape index (κ2) is 6.97. The topological polar surface area (TPSA) is 38.7 Å². The van der Waals surface area contributed by atoms with Crippen LogP contribution in [-0.2, 0) is 6.42 Å². The van der Waals surface area contributed by atoms with E-state index in [0.29, 0.717) is 18.1 Å². The summed E-state index contributed by atoms with van der Waals surface area (Å²) in [6.45, 7) is 2.25. The number of phenols is 1. The van der Waals surface area contributed by atoms with Crippen molar-refractivity contribution in [1.82, 2.24) is 0 Å². The normalized spacial score (nSPS) is 10.4. The van der Waals surface area contributed by atoms with E-state index in [0.717, 1.165) is 24.0 Å². The lowest BCUT2D eigenvalue weighted by molar-refractivity contribution is 0.274. The van der Waals surface area contributed by atoms with E-state index >= 15 is 0 Å². The summed E-state index contributed by atoms with van der Waals surface area (Å²) < 4.78 is 23.6. The predicted octanol–water partition coefficient (Wildman–Crippen LogP) is 3.66. The van der Waals surface area contributed by atoms with Crippen molar-refractivity contribution in [2.75, 3.05) is 13.7 Å². The van der Waals surface area contributed by atoms with Gasteiger partial charge in [-0.3, -0.25) is 0 Å². The number of methoxy groups -OCH3 is 1. The monoisotopic (exact) mass is 289 g/mol. The smallest absolute Gasteiger partial charge is 0.203 e. The summed E-state index contributed by atoms with van der Waals surface area (Å²) in [5.74, 6) is 0.515. The van der Waals surface area contributed by atoms with Crippen LogP contribution in [0.1, 0.15) is 17.5 Å². The molecule has 0 amide bonds. The first-order valence-electron chi connectivity index (χ1n) is 6.77. The lowest BCUT2D eigenvalue weighted by atomic mass is 10.1. The van der Waals surface area contributed by atoms with Crippen molar-refractivity contribution in [3.63, 3.8) is 0 Å². The molecule has 0 fully saturated rings. The van der Waals surface area contributed by atoms with E-state index in [1.165, 1.54) is 19.2 Å². The Bertz CT molecular complexity index is 594. The molecule has 0 heterocycles. The molecule has 0 unspecified atom stereocenters. The van der Waals surface area contributed by atoms with Gasteiger partial charge >= 0.3 is 0 Å². The fourth-order valence-corrected chi connectivity index (χ4v) is 2.05. The molecule has 0 aromatic heterocycles. The lowest BCUT2D eigenvalue weighted by Gasteiger charge is -2.12. The van der Waals surface area contributed by atoms with Crippen LogP contribution in [0, 0.1) is 18.8 Å². The first-order chi connectivity index (χ1) is 10.1. The third-order valence-electron chi connectivity index (χ3n) is 3.09. The molecule has 0 spiro atoms. The van der Waals surface area contributed by atoms with E-state index in [1.54, 1.807) is 18.2 Å². The number of ether oxygens (including phenoxy) is 2. The number of halogens is 1. The predicted molar refractivity (Wildman–Crippen MR) is 78.4 cm³/mol. The fraction of sp³-hybridized carbons (Fsp3) is 0.294. The molecule has 1 N–H and O–H groups in total. The van der Waals surface area contributed by atoms with Gasteiger partial charge in [0.15, 0.2) is 11.5 Å². The summed E-state index contributed by atoms with van der Waals surface area (Å²) in [5, 5.41) is 9.85. The molecule has 0 aliphatic heterocycles. The van der Waals surface area contributed by atoms with Crippen molar-refractivity contribution in [2.45, 2.75) is 19.8 Å². The number of aryl methyl sites for hydroxylation is 2. The molecule has 4 heteroatoms. The standard InChI is InChI=1S/C17H18FO3/c1-12-10-15(19)17(16(11-12)20-2)21-9-3-4-13-5-7-14(18)8-6-13/h5-8,11,19H,3-4,9H2,1-2H3. The first-order valence-corrected chi connectivity index (χ1v) is 6.77. The molecular weight excluding hydrogens is 271 g/mol. The van der Waals surface area contributed by atoms with E-state index in [2.05, 4.69) is 6.07 Å². The van der Waals surface area contributed by atoms with E-state index in [4.69, 9.17) is 9.47 Å². The second-order valence-electron chi connectivity index (χ2n) is 4.78. The molecular formula is C17H18FO3. The van der Waals surface area contributed by atoms with Crippen LogP contribution < -0.4 is 9.47 Å². The molecule has 0 atom stereocenters. The average Bonchev–Trinajstić information content (AvgIpc) is 2.46. The number of phenolic OH excluding ortho intramolecular Hbond substituents is 1. The Kier molecular flexibility index (Phi) is 5.04. The highest BCUT2D eigenvalue weighted by Gasteiger charge is 2.11. The maximum atomic E-state index is 12.8. The van der Waals surface area contributed by atoms with Gasteiger partial charge in [-0.1, -0.05) is 12.1 Å². The highest BCUT2D eigenvalue weighted by atomic mass is 19.1. The van der Waals surface area contributed by atoms with Crippen molar-refractivity contribution < 1.29 is 19.0 Å². The van der Waals surface area contributed by atoms with Gasteiger partial charge in [-0.25, -0.2) is 4.39 Å². The van der Waals surface area contributed by atoms with Gasteiger partial charge < -0.3 is 14.6 Å². The fourth-order valence-electron chi connectivity index (χ4n) is 2.05. The van der Waals surface area contributed by atoms with Crippen LogP contribution in [0.4, 0.5) is 4.39 Å². The molecule has 2 aromatic rings. The molecule has 0 aliphatic rings. The van der Waals surface area contributed by atoms with Crippen LogP contribution >= 0.6 is 0 Å². The number of aromatic hydroxyl groups is 1. The van der Waals surface area contributed by atoms with Gasteiger partial charge in [-0.15, -0.1) is 0 Å². The summed E-state index contributed by atoms with van der Waals surface area (Å²) in [5.41, 5.74) is 1.83. The Morgan fingerprint density at radius 2 is 1.95 bits per heavy atom. The quantitative estimate of drug-likeness (QED) is 0.825. The Balaban J connectivity index is 1.90. The molecule has 0 bridgehead atoms. The van der Waals surface area contributed by atoms with E-state index in [-0.39, 0.29) is 11.6 Å². The molecule has 1 radical (unpaired) electrons. The summed E-state index contributed by atoms with van der Waals surface area (Å²) in [6, 6.07) is 10.9. The van der Waals surface area contributed by atoms with Crippen molar-refractivity contribution in [3.8, 4) is 17.2 Å². The number of benzene rings is 2. The molecule has 21 heavy (non-hydrogen) atoms. The Morgan fingerprint density at radius 3 is 2.62 bits per heavy atom. The molecule has 3 nitrogen and oxygen atoms in total. The zero-order valence-electron chi connectivity index (χ0n) is 12.1. The minimum atomic E-state index is -0.236. The van der Waals surface area contributed by atoms with Gasteiger partial charge in [0.1, 0.15) is 5.82 Å². The maximum absolute atomic E-state index is 12.8. The highest BCUT2D eigenvalue weighted by molar-refractivity contribution is 5.52. The highest BCUT2D eigenvalue weighted by Crippen LogP contribution is 2.37. The average molecular weight is 289 g/mol. The SMILES string of the molecule is COc1cc(C)[c]c(O)c1OCCCc1ccc(F)cc1. The summed E-state index contributed by atoms with van der Waals surface area (Å²) >= 11 is 0.